The number of allylic oxidation sites excluding steroid dienone is 1. The second-order valence-corrected chi connectivity index (χ2v) is 3.54. The normalized spacial score (nSPS) is 9.53. The molecule has 1 amide bonds. The van der Waals surface area contributed by atoms with Crippen molar-refractivity contribution >= 4 is 17.6 Å². The number of ether oxygens (including phenoxy) is 1. The molecular formula is C13H15NO3. The van der Waals surface area contributed by atoms with Crippen LogP contribution in [0.5, 0.6) is 0 Å². The van der Waals surface area contributed by atoms with Crippen LogP contribution in [0.4, 0.5) is 5.69 Å². The lowest BCUT2D eigenvalue weighted by Gasteiger charge is -2.10. The molecule has 1 rings (SSSR count). The molecule has 4 nitrogen and oxygen atoms in total. The van der Waals surface area contributed by atoms with E-state index in [1.54, 1.807) is 24.3 Å². The Hall–Kier alpha value is -2.10. The number of anilines is 1. The van der Waals surface area contributed by atoms with E-state index in [0.29, 0.717) is 17.7 Å². The number of carbonyl (C=O) groups is 2. The van der Waals surface area contributed by atoms with Gasteiger partial charge in [0.15, 0.2) is 0 Å². The number of hydrogen-bond acceptors (Lipinski definition) is 3. The lowest BCUT2D eigenvalue weighted by atomic mass is 10.1. The standard InChI is InChI=1S/C13H15NO3/c1-4-5-10-8-11(13(16)17-3)6-7-12(10)14-9(2)15/h4,6-8H,1,5H2,2-3H3,(H,14,15). The van der Waals surface area contributed by atoms with Crippen molar-refractivity contribution in [3.8, 4) is 0 Å². The van der Waals surface area contributed by atoms with Crippen LogP contribution in [0, 0.1) is 0 Å². The first kappa shape index (κ1) is 13.0. The third-order valence-corrected chi connectivity index (χ3v) is 2.20. The van der Waals surface area contributed by atoms with Crippen LogP contribution in [0.25, 0.3) is 0 Å². The molecule has 1 N–H and O–H groups in total. The first-order chi connectivity index (χ1) is 8.08. The van der Waals surface area contributed by atoms with Crippen molar-refractivity contribution in [3.63, 3.8) is 0 Å². The van der Waals surface area contributed by atoms with Crippen molar-refractivity contribution in [1.29, 1.82) is 0 Å². The maximum Gasteiger partial charge on any atom is 0.337 e. The van der Waals surface area contributed by atoms with Gasteiger partial charge < -0.3 is 10.1 Å². The number of rotatable bonds is 4. The maximum absolute atomic E-state index is 11.4. The summed E-state index contributed by atoms with van der Waals surface area (Å²) in [4.78, 5) is 22.4. The SMILES string of the molecule is C=CCc1cc(C(=O)OC)ccc1NC(C)=O. The molecule has 1 aromatic rings. The lowest BCUT2D eigenvalue weighted by molar-refractivity contribution is -0.114. The van der Waals surface area contributed by atoms with Gasteiger partial charge in [-0.2, -0.15) is 0 Å². The molecule has 1 aromatic carbocycles. The quantitative estimate of drug-likeness (QED) is 0.640. The summed E-state index contributed by atoms with van der Waals surface area (Å²) in [7, 11) is 1.33. The molecule has 0 aliphatic carbocycles. The monoisotopic (exact) mass is 233 g/mol. The molecule has 17 heavy (non-hydrogen) atoms. The molecule has 0 spiro atoms. The molecule has 0 radical (unpaired) electrons. The summed E-state index contributed by atoms with van der Waals surface area (Å²) in [5, 5.41) is 2.70. The molecule has 0 aliphatic heterocycles. The summed E-state index contributed by atoms with van der Waals surface area (Å²) in [6.07, 6.45) is 2.28. The molecule has 0 unspecified atom stereocenters. The first-order valence-corrected chi connectivity index (χ1v) is 5.18. The number of benzene rings is 1. The second-order valence-electron chi connectivity index (χ2n) is 3.54. The van der Waals surface area contributed by atoms with Gasteiger partial charge in [-0.1, -0.05) is 6.08 Å². The Balaban J connectivity index is 3.11. The van der Waals surface area contributed by atoms with E-state index in [-0.39, 0.29) is 5.91 Å². The number of amides is 1. The van der Waals surface area contributed by atoms with Crippen molar-refractivity contribution in [3.05, 3.63) is 42.0 Å². The third-order valence-electron chi connectivity index (χ3n) is 2.20. The van der Waals surface area contributed by atoms with Gasteiger partial charge in [0.25, 0.3) is 0 Å². The van der Waals surface area contributed by atoms with Gasteiger partial charge in [-0.15, -0.1) is 6.58 Å². The fourth-order valence-corrected chi connectivity index (χ4v) is 1.47. The van der Waals surface area contributed by atoms with E-state index in [2.05, 4.69) is 16.6 Å². The minimum atomic E-state index is -0.398. The number of hydrogen-bond donors (Lipinski definition) is 1. The summed E-state index contributed by atoms with van der Waals surface area (Å²) in [5.74, 6) is -0.550. The topological polar surface area (TPSA) is 55.4 Å². The Morgan fingerprint density at radius 1 is 1.47 bits per heavy atom. The molecule has 4 heteroatoms. The van der Waals surface area contributed by atoms with Gasteiger partial charge in [-0.05, 0) is 30.2 Å². The fraction of sp³-hybridized carbons (Fsp3) is 0.231. The number of carbonyl (C=O) groups excluding carboxylic acids is 2. The van der Waals surface area contributed by atoms with Crippen molar-refractivity contribution in [2.45, 2.75) is 13.3 Å². The zero-order chi connectivity index (χ0) is 12.8. The Labute approximate surface area is 100 Å². The first-order valence-electron chi connectivity index (χ1n) is 5.18. The molecule has 0 aromatic heterocycles. The van der Waals surface area contributed by atoms with Gasteiger partial charge in [0.2, 0.25) is 5.91 Å². The van der Waals surface area contributed by atoms with Gasteiger partial charge in [-0.25, -0.2) is 4.79 Å². The molecule has 0 fully saturated rings. The largest absolute Gasteiger partial charge is 0.465 e. The van der Waals surface area contributed by atoms with Crippen LogP contribution >= 0.6 is 0 Å². The number of methoxy groups -OCH3 is 1. The highest BCUT2D eigenvalue weighted by Crippen LogP contribution is 2.19. The predicted molar refractivity (Wildman–Crippen MR) is 66.0 cm³/mol. The second kappa shape index (κ2) is 5.84. The van der Waals surface area contributed by atoms with Gasteiger partial charge in [0.05, 0.1) is 12.7 Å². The average Bonchev–Trinajstić information content (AvgIpc) is 2.30. The van der Waals surface area contributed by atoms with E-state index in [9.17, 15) is 9.59 Å². The minimum absolute atomic E-state index is 0.152. The van der Waals surface area contributed by atoms with Crippen molar-refractivity contribution < 1.29 is 14.3 Å². The van der Waals surface area contributed by atoms with E-state index in [4.69, 9.17) is 0 Å². The van der Waals surface area contributed by atoms with Crippen molar-refractivity contribution in [2.75, 3.05) is 12.4 Å². The van der Waals surface area contributed by atoms with Gasteiger partial charge in [0, 0.05) is 12.6 Å². The van der Waals surface area contributed by atoms with Crippen LogP contribution in [0.15, 0.2) is 30.9 Å². The summed E-state index contributed by atoms with van der Waals surface area (Å²) >= 11 is 0. The Morgan fingerprint density at radius 2 is 2.18 bits per heavy atom. The number of nitrogens with one attached hydrogen (secondary N) is 1. The molecule has 0 heterocycles. The smallest absolute Gasteiger partial charge is 0.337 e. The van der Waals surface area contributed by atoms with Gasteiger partial charge >= 0.3 is 5.97 Å². The van der Waals surface area contributed by atoms with Crippen LogP contribution in [0.3, 0.4) is 0 Å². The van der Waals surface area contributed by atoms with Crippen molar-refractivity contribution in [2.24, 2.45) is 0 Å². The maximum atomic E-state index is 11.4. The fourth-order valence-electron chi connectivity index (χ4n) is 1.47. The van der Waals surface area contributed by atoms with E-state index in [1.165, 1.54) is 14.0 Å². The summed E-state index contributed by atoms with van der Waals surface area (Å²) in [5.41, 5.74) is 1.97. The molecule has 0 bridgehead atoms. The minimum Gasteiger partial charge on any atom is -0.465 e. The average molecular weight is 233 g/mol. The van der Waals surface area contributed by atoms with Crippen molar-refractivity contribution in [1.82, 2.24) is 0 Å². The molecular weight excluding hydrogens is 218 g/mol. The highest BCUT2D eigenvalue weighted by Gasteiger charge is 2.09. The lowest BCUT2D eigenvalue weighted by Crippen LogP contribution is -2.09. The van der Waals surface area contributed by atoms with E-state index in [1.807, 2.05) is 0 Å². The molecule has 0 saturated heterocycles. The molecule has 0 atom stereocenters. The molecule has 0 aliphatic rings. The van der Waals surface area contributed by atoms with Crippen LogP contribution < -0.4 is 5.32 Å². The summed E-state index contributed by atoms with van der Waals surface area (Å²) < 4.78 is 4.64. The molecule has 90 valence electrons. The van der Waals surface area contributed by atoms with E-state index >= 15 is 0 Å². The Kier molecular flexibility index (Phi) is 4.46. The Morgan fingerprint density at radius 3 is 2.71 bits per heavy atom. The highest BCUT2D eigenvalue weighted by molar-refractivity contribution is 5.93. The van der Waals surface area contributed by atoms with Crippen LogP contribution in [0.1, 0.15) is 22.8 Å². The third kappa shape index (κ3) is 3.45. The van der Waals surface area contributed by atoms with E-state index < -0.39 is 5.97 Å². The summed E-state index contributed by atoms with van der Waals surface area (Å²) in [6.45, 7) is 5.08. The van der Waals surface area contributed by atoms with Gasteiger partial charge in [0.1, 0.15) is 0 Å². The van der Waals surface area contributed by atoms with Crippen LogP contribution in [-0.2, 0) is 16.0 Å². The van der Waals surface area contributed by atoms with E-state index in [0.717, 1.165) is 5.56 Å². The molecule has 0 saturated carbocycles. The zero-order valence-electron chi connectivity index (χ0n) is 9.95. The zero-order valence-corrected chi connectivity index (χ0v) is 9.95. The van der Waals surface area contributed by atoms with Crippen LogP contribution in [0.2, 0.25) is 0 Å². The highest BCUT2D eigenvalue weighted by atomic mass is 16.5. The Bertz CT molecular complexity index is 452. The van der Waals surface area contributed by atoms with Gasteiger partial charge in [-0.3, -0.25) is 4.79 Å². The predicted octanol–water partition coefficient (Wildman–Crippen LogP) is 2.16. The number of esters is 1. The van der Waals surface area contributed by atoms with Crippen LogP contribution in [-0.4, -0.2) is 19.0 Å². The summed E-state index contributed by atoms with van der Waals surface area (Å²) in [6, 6.07) is 5.00.